The van der Waals surface area contributed by atoms with E-state index in [0.29, 0.717) is 12.8 Å². The first-order valence-corrected chi connectivity index (χ1v) is 7.47. The molecule has 0 radical (unpaired) electrons. The minimum atomic E-state index is -2.74. The lowest BCUT2D eigenvalue weighted by molar-refractivity contribution is -0.172. The van der Waals surface area contributed by atoms with Crippen molar-refractivity contribution in [2.24, 2.45) is 0 Å². The number of nitrogens with one attached hydrogen (secondary N) is 1. The zero-order chi connectivity index (χ0) is 18.0. The molecule has 1 aromatic heterocycles. The average Bonchev–Trinajstić information content (AvgIpc) is 2.56. The van der Waals surface area contributed by atoms with Crippen molar-refractivity contribution in [3.63, 3.8) is 0 Å². The first-order chi connectivity index (χ1) is 11.3. The van der Waals surface area contributed by atoms with Crippen molar-refractivity contribution < 1.29 is 28.6 Å². The number of methoxy groups -OCH3 is 2. The molecule has 1 fully saturated rings. The highest BCUT2D eigenvalue weighted by Crippen LogP contribution is 2.46. The summed E-state index contributed by atoms with van der Waals surface area (Å²) < 4.78 is 25.6. The summed E-state index contributed by atoms with van der Waals surface area (Å²) in [5.41, 5.74) is -5.04. The number of aromatic nitrogens is 2. The number of ether oxygens (including phenoxy) is 2. The molecule has 1 heterocycles. The van der Waals surface area contributed by atoms with E-state index in [1.807, 2.05) is 5.32 Å². The number of nitrogens with zero attached hydrogens (tertiary/aromatic N) is 2. The maximum Gasteiger partial charge on any atom is 0.267 e. The second kappa shape index (κ2) is 6.68. The Morgan fingerprint density at radius 1 is 1.21 bits per heavy atom. The molecule has 8 nitrogen and oxygen atoms in total. The van der Waals surface area contributed by atoms with Gasteiger partial charge in [0.05, 0.1) is 20.3 Å². The first-order valence-electron chi connectivity index (χ1n) is 7.47. The van der Waals surface area contributed by atoms with Crippen LogP contribution in [0.5, 0.6) is 11.8 Å². The zero-order valence-corrected chi connectivity index (χ0v) is 13.8. The van der Waals surface area contributed by atoms with Crippen LogP contribution < -0.4 is 14.8 Å². The molecule has 2 rings (SSSR count). The monoisotopic (exact) mass is 341 g/mol. The molecule has 1 saturated carbocycles. The Morgan fingerprint density at radius 2 is 1.75 bits per heavy atom. The van der Waals surface area contributed by atoms with Crippen molar-refractivity contribution in [3.8, 4) is 11.8 Å². The molecule has 0 bridgehead atoms. The largest absolute Gasteiger partial charge is 0.481 e. The number of hydrogen-bond donors (Lipinski definition) is 2. The molecule has 1 aromatic rings. The molecule has 1 aliphatic rings. The zero-order valence-electron chi connectivity index (χ0n) is 13.8. The van der Waals surface area contributed by atoms with Crippen molar-refractivity contribution in [2.75, 3.05) is 14.2 Å². The van der Waals surface area contributed by atoms with E-state index in [-0.39, 0.29) is 30.4 Å². The van der Waals surface area contributed by atoms with Crippen LogP contribution >= 0.6 is 0 Å². The van der Waals surface area contributed by atoms with Crippen molar-refractivity contribution in [1.82, 2.24) is 15.3 Å². The molecule has 2 N–H and O–H groups in total. The molecule has 2 amide bonds. The maximum atomic E-state index is 15.6. The Bertz CT molecular complexity index is 634. The number of amides is 2. The minimum absolute atomic E-state index is 0.0603. The van der Waals surface area contributed by atoms with E-state index in [1.165, 1.54) is 20.3 Å². The summed E-state index contributed by atoms with van der Waals surface area (Å²) in [7, 11) is 2.70. The van der Waals surface area contributed by atoms with Gasteiger partial charge in [-0.05, 0) is 25.7 Å². The number of imide groups is 1. The fraction of sp³-hybridized carbons (Fsp3) is 0.600. The van der Waals surface area contributed by atoms with Crippen LogP contribution in [0.2, 0.25) is 0 Å². The van der Waals surface area contributed by atoms with E-state index in [0.717, 1.165) is 6.92 Å². The Morgan fingerprint density at radius 3 is 2.25 bits per heavy atom. The molecule has 1 aliphatic carbocycles. The molecule has 0 saturated heterocycles. The number of aliphatic hydroxyl groups is 1. The molecule has 24 heavy (non-hydrogen) atoms. The number of alkyl halides is 1. The van der Waals surface area contributed by atoms with Gasteiger partial charge in [-0.25, -0.2) is 4.39 Å². The quantitative estimate of drug-likeness (QED) is 0.826. The van der Waals surface area contributed by atoms with Crippen molar-refractivity contribution in [2.45, 2.75) is 43.9 Å². The van der Waals surface area contributed by atoms with E-state index in [1.54, 1.807) is 0 Å². The van der Waals surface area contributed by atoms with Crippen LogP contribution in [0.15, 0.2) is 6.07 Å². The highest BCUT2D eigenvalue weighted by molar-refractivity contribution is 5.99. The highest BCUT2D eigenvalue weighted by Gasteiger charge is 2.61. The summed E-state index contributed by atoms with van der Waals surface area (Å²) in [4.78, 5) is 31.3. The molecular weight excluding hydrogens is 321 g/mol. The number of carbonyl (C=O) groups excluding carboxylic acids is 2. The molecule has 0 unspecified atom stereocenters. The molecule has 0 spiro atoms. The Labute approximate surface area is 138 Å². The molecule has 9 heteroatoms. The first kappa shape index (κ1) is 18.1. The van der Waals surface area contributed by atoms with Gasteiger partial charge in [-0.3, -0.25) is 14.9 Å². The summed E-state index contributed by atoms with van der Waals surface area (Å²) in [5, 5.41) is 12.9. The van der Waals surface area contributed by atoms with Gasteiger partial charge in [0.25, 0.3) is 5.91 Å². The normalized spacial score (nSPS) is 26.5. The van der Waals surface area contributed by atoms with E-state index >= 15 is 4.39 Å². The lowest BCUT2D eigenvalue weighted by Gasteiger charge is -2.42. The minimum Gasteiger partial charge on any atom is -0.481 e. The molecule has 0 aliphatic heterocycles. The highest BCUT2D eigenvalue weighted by atomic mass is 19.1. The van der Waals surface area contributed by atoms with Crippen LogP contribution in [0.3, 0.4) is 0 Å². The van der Waals surface area contributed by atoms with Crippen LogP contribution in [0.4, 0.5) is 4.39 Å². The van der Waals surface area contributed by atoms with Crippen LogP contribution in [0.25, 0.3) is 0 Å². The van der Waals surface area contributed by atoms with Gasteiger partial charge in [0.1, 0.15) is 0 Å². The molecule has 132 valence electrons. The summed E-state index contributed by atoms with van der Waals surface area (Å²) in [6.45, 7) is 1.09. The van der Waals surface area contributed by atoms with E-state index in [4.69, 9.17) is 9.47 Å². The lowest BCUT2D eigenvalue weighted by atomic mass is 9.71. The van der Waals surface area contributed by atoms with Crippen LogP contribution in [0, 0.1) is 0 Å². The third-order valence-corrected chi connectivity index (χ3v) is 4.08. The van der Waals surface area contributed by atoms with Crippen molar-refractivity contribution >= 4 is 11.8 Å². The van der Waals surface area contributed by atoms with Gasteiger partial charge in [0.15, 0.2) is 11.4 Å². The van der Waals surface area contributed by atoms with Gasteiger partial charge in [0.2, 0.25) is 23.3 Å². The smallest absolute Gasteiger partial charge is 0.267 e. The standard InChI is InChI=1S/C15H20FN3O5/c1-9(20)17-13(21)14(16)6-4-5-7-15(14,22)12-18-10(23-2)8-11(19-12)24-3/h8,22H,4-7H2,1-3H3,(H,17,20,21)/t14-,15-/m1/s1. The summed E-state index contributed by atoms with van der Waals surface area (Å²) in [5.74, 6) is -2.12. The van der Waals surface area contributed by atoms with Crippen LogP contribution in [-0.2, 0) is 15.2 Å². The van der Waals surface area contributed by atoms with Crippen LogP contribution in [0.1, 0.15) is 38.4 Å². The summed E-state index contributed by atoms with van der Waals surface area (Å²) >= 11 is 0. The van der Waals surface area contributed by atoms with Crippen LogP contribution in [-0.4, -0.2) is 46.8 Å². The van der Waals surface area contributed by atoms with Gasteiger partial charge in [-0.15, -0.1) is 0 Å². The molecular formula is C15H20FN3O5. The fourth-order valence-corrected chi connectivity index (χ4v) is 2.80. The third kappa shape index (κ3) is 3.03. The SMILES string of the molecule is COc1cc(OC)nc([C@]2(O)CCCC[C@@]2(F)C(=O)NC(C)=O)n1. The lowest BCUT2D eigenvalue weighted by Crippen LogP contribution is -2.60. The molecule has 2 atom stereocenters. The number of rotatable bonds is 4. The van der Waals surface area contributed by atoms with E-state index in [9.17, 15) is 14.7 Å². The van der Waals surface area contributed by atoms with E-state index < -0.39 is 23.1 Å². The van der Waals surface area contributed by atoms with Gasteiger partial charge in [-0.1, -0.05) is 0 Å². The molecule has 0 aromatic carbocycles. The third-order valence-electron chi connectivity index (χ3n) is 4.08. The predicted molar refractivity (Wildman–Crippen MR) is 80.2 cm³/mol. The second-order valence-corrected chi connectivity index (χ2v) is 5.66. The van der Waals surface area contributed by atoms with Gasteiger partial charge in [-0.2, -0.15) is 9.97 Å². The Hall–Kier alpha value is -2.29. The Balaban J connectivity index is 2.54. The average molecular weight is 341 g/mol. The number of halogens is 1. The Kier molecular flexibility index (Phi) is 5.02. The van der Waals surface area contributed by atoms with E-state index in [2.05, 4.69) is 9.97 Å². The number of carbonyl (C=O) groups is 2. The predicted octanol–water partition coefficient (Wildman–Crippen LogP) is 0.626. The second-order valence-electron chi connectivity index (χ2n) is 5.66. The van der Waals surface area contributed by atoms with Gasteiger partial charge >= 0.3 is 0 Å². The van der Waals surface area contributed by atoms with Gasteiger partial charge < -0.3 is 14.6 Å². The summed E-state index contributed by atoms with van der Waals surface area (Å²) in [6.07, 6.45) is 0.514. The number of hydrogen-bond acceptors (Lipinski definition) is 7. The van der Waals surface area contributed by atoms with Crippen molar-refractivity contribution in [3.05, 3.63) is 11.9 Å². The van der Waals surface area contributed by atoms with Gasteiger partial charge in [0, 0.05) is 6.92 Å². The maximum absolute atomic E-state index is 15.6. The summed E-state index contributed by atoms with van der Waals surface area (Å²) in [6, 6.07) is 1.37. The van der Waals surface area contributed by atoms with Crippen molar-refractivity contribution in [1.29, 1.82) is 0 Å². The fourth-order valence-electron chi connectivity index (χ4n) is 2.80. The topological polar surface area (TPSA) is 111 Å².